The molecule has 3 heterocycles. The van der Waals surface area contributed by atoms with E-state index < -0.39 is 0 Å². The first-order valence-corrected chi connectivity index (χ1v) is 7.78. The second kappa shape index (κ2) is 5.68. The molecule has 2 atom stereocenters. The van der Waals surface area contributed by atoms with Gasteiger partial charge in [0.15, 0.2) is 0 Å². The van der Waals surface area contributed by atoms with E-state index in [1.165, 1.54) is 25.7 Å². The molecular formula is C15H22ClN3. The van der Waals surface area contributed by atoms with E-state index >= 15 is 0 Å². The molecule has 2 saturated heterocycles. The fourth-order valence-electron chi connectivity index (χ4n) is 3.62. The van der Waals surface area contributed by atoms with Gasteiger partial charge in [-0.05, 0) is 38.2 Å². The van der Waals surface area contributed by atoms with Crippen LogP contribution in [0.15, 0.2) is 18.5 Å². The van der Waals surface area contributed by atoms with Gasteiger partial charge in [0.25, 0.3) is 0 Å². The molecule has 2 aliphatic heterocycles. The van der Waals surface area contributed by atoms with Crippen LogP contribution in [0, 0.1) is 0 Å². The minimum atomic E-state index is 0.624. The SMILES string of the molecule is CCCN(c1ccncc1Cl)C1CC2CCC(C1)N2. The number of hydrogen-bond acceptors (Lipinski definition) is 3. The van der Waals surface area contributed by atoms with Crippen molar-refractivity contribution < 1.29 is 0 Å². The molecule has 1 aromatic heterocycles. The molecule has 2 fully saturated rings. The Kier molecular flexibility index (Phi) is 3.94. The lowest BCUT2D eigenvalue weighted by molar-refractivity contribution is 0.346. The summed E-state index contributed by atoms with van der Waals surface area (Å²) in [4.78, 5) is 6.61. The van der Waals surface area contributed by atoms with Crippen molar-refractivity contribution in [1.82, 2.24) is 10.3 Å². The largest absolute Gasteiger partial charge is 0.367 e. The van der Waals surface area contributed by atoms with Gasteiger partial charge < -0.3 is 10.2 Å². The molecule has 0 spiro atoms. The Bertz CT molecular complexity index is 425. The van der Waals surface area contributed by atoms with Crippen LogP contribution in [0.4, 0.5) is 5.69 Å². The third-order valence-electron chi connectivity index (χ3n) is 4.41. The van der Waals surface area contributed by atoms with Crippen molar-refractivity contribution in [3.8, 4) is 0 Å². The van der Waals surface area contributed by atoms with Crippen molar-refractivity contribution in [3.05, 3.63) is 23.5 Å². The maximum atomic E-state index is 6.34. The highest BCUT2D eigenvalue weighted by Gasteiger charge is 2.36. The number of pyridine rings is 1. The number of piperidine rings is 1. The summed E-state index contributed by atoms with van der Waals surface area (Å²) >= 11 is 6.34. The Morgan fingerprint density at radius 3 is 2.74 bits per heavy atom. The first-order valence-electron chi connectivity index (χ1n) is 7.40. The lowest BCUT2D eigenvalue weighted by Crippen LogP contribution is -2.48. The zero-order valence-electron chi connectivity index (χ0n) is 11.5. The number of halogens is 1. The summed E-state index contributed by atoms with van der Waals surface area (Å²) in [6.07, 6.45) is 9.92. The van der Waals surface area contributed by atoms with Crippen molar-refractivity contribution in [2.75, 3.05) is 11.4 Å². The Hall–Kier alpha value is -0.800. The summed E-state index contributed by atoms with van der Waals surface area (Å²) in [7, 11) is 0. The van der Waals surface area contributed by atoms with E-state index in [1.54, 1.807) is 6.20 Å². The highest BCUT2D eigenvalue weighted by molar-refractivity contribution is 6.33. The summed E-state index contributed by atoms with van der Waals surface area (Å²) < 4.78 is 0. The topological polar surface area (TPSA) is 28.2 Å². The summed E-state index contributed by atoms with van der Waals surface area (Å²) in [5.74, 6) is 0. The van der Waals surface area contributed by atoms with Gasteiger partial charge in [0.2, 0.25) is 0 Å². The Balaban J connectivity index is 1.83. The molecule has 0 saturated carbocycles. The number of nitrogens with zero attached hydrogens (tertiary/aromatic N) is 2. The molecule has 4 heteroatoms. The lowest BCUT2D eigenvalue weighted by atomic mass is 9.97. The molecule has 0 aromatic carbocycles. The summed E-state index contributed by atoms with van der Waals surface area (Å²) in [6.45, 7) is 3.31. The number of aromatic nitrogens is 1. The van der Waals surface area contributed by atoms with Gasteiger partial charge in [-0.25, -0.2) is 0 Å². The minimum Gasteiger partial charge on any atom is -0.367 e. The third-order valence-corrected chi connectivity index (χ3v) is 4.71. The Morgan fingerprint density at radius 1 is 1.37 bits per heavy atom. The van der Waals surface area contributed by atoms with E-state index in [2.05, 4.69) is 28.2 Å². The Morgan fingerprint density at radius 2 is 2.11 bits per heavy atom. The number of nitrogens with one attached hydrogen (secondary N) is 1. The maximum Gasteiger partial charge on any atom is 0.0822 e. The maximum absolute atomic E-state index is 6.34. The third kappa shape index (κ3) is 2.72. The van der Waals surface area contributed by atoms with Gasteiger partial charge in [0, 0.05) is 37.1 Å². The Labute approximate surface area is 120 Å². The molecule has 19 heavy (non-hydrogen) atoms. The van der Waals surface area contributed by atoms with E-state index in [4.69, 9.17) is 11.6 Å². The lowest BCUT2D eigenvalue weighted by Gasteiger charge is -2.39. The van der Waals surface area contributed by atoms with Crippen LogP contribution >= 0.6 is 11.6 Å². The molecule has 3 nitrogen and oxygen atoms in total. The van der Waals surface area contributed by atoms with Crippen LogP contribution in [0.1, 0.15) is 39.0 Å². The van der Waals surface area contributed by atoms with Gasteiger partial charge in [0.1, 0.15) is 0 Å². The standard InChI is InChI=1S/C15H22ClN3/c1-2-7-19(15-5-6-17-10-14(15)16)13-8-11-3-4-12(9-13)18-11/h5-6,10-13,18H,2-4,7-9H2,1H3. The molecule has 3 rings (SSSR count). The van der Waals surface area contributed by atoms with Gasteiger partial charge in [-0.2, -0.15) is 0 Å². The molecule has 1 N–H and O–H groups in total. The monoisotopic (exact) mass is 279 g/mol. The van der Waals surface area contributed by atoms with Crippen LogP contribution in [0.25, 0.3) is 0 Å². The molecular weight excluding hydrogens is 258 g/mol. The van der Waals surface area contributed by atoms with Crippen molar-refractivity contribution in [2.45, 2.75) is 57.2 Å². The average Bonchev–Trinajstić information content (AvgIpc) is 2.76. The van der Waals surface area contributed by atoms with Gasteiger partial charge in [-0.1, -0.05) is 18.5 Å². The first-order chi connectivity index (χ1) is 9.28. The molecule has 2 unspecified atom stereocenters. The van der Waals surface area contributed by atoms with Crippen molar-refractivity contribution in [1.29, 1.82) is 0 Å². The van der Waals surface area contributed by atoms with E-state index in [0.717, 1.165) is 23.7 Å². The fourth-order valence-corrected chi connectivity index (χ4v) is 3.85. The number of hydrogen-bond donors (Lipinski definition) is 1. The predicted molar refractivity (Wildman–Crippen MR) is 79.9 cm³/mol. The van der Waals surface area contributed by atoms with Crippen molar-refractivity contribution >= 4 is 17.3 Å². The van der Waals surface area contributed by atoms with Gasteiger partial charge in [-0.3, -0.25) is 4.98 Å². The highest BCUT2D eigenvalue weighted by Crippen LogP contribution is 2.34. The van der Waals surface area contributed by atoms with Gasteiger partial charge >= 0.3 is 0 Å². The predicted octanol–water partition coefficient (Wildman–Crippen LogP) is 3.23. The summed E-state index contributed by atoms with van der Waals surface area (Å²) in [6, 6.07) is 4.10. The molecule has 0 radical (unpaired) electrons. The zero-order valence-corrected chi connectivity index (χ0v) is 12.2. The average molecular weight is 280 g/mol. The molecule has 104 valence electrons. The minimum absolute atomic E-state index is 0.624. The van der Waals surface area contributed by atoms with E-state index in [9.17, 15) is 0 Å². The number of rotatable bonds is 4. The highest BCUT2D eigenvalue weighted by atomic mass is 35.5. The van der Waals surface area contributed by atoms with Crippen molar-refractivity contribution in [3.63, 3.8) is 0 Å². The molecule has 2 bridgehead atoms. The van der Waals surface area contributed by atoms with E-state index in [0.29, 0.717) is 18.1 Å². The van der Waals surface area contributed by atoms with Gasteiger partial charge in [0.05, 0.1) is 10.7 Å². The second-order valence-corrected chi connectivity index (χ2v) is 6.19. The van der Waals surface area contributed by atoms with Crippen LogP contribution in [0.2, 0.25) is 5.02 Å². The summed E-state index contributed by atoms with van der Waals surface area (Å²) in [5.41, 5.74) is 1.16. The second-order valence-electron chi connectivity index (χ2n) is 5.78. The number of fused-ring (bicyclic) bond motifs is 2. The van der Waals surface area contributed by atoms with Crippen molar-refractivity contribution in [2.24, 2.45) is 0 Å². The zero-order chi connectivity index (χ0) is 13.2. The van der Waals surface area contributed by atoms with Crippen LogP contribution in [-0.2, 0) is 0 Å². The van der Waals surface area contributed by atoms with Crippen LogP contribution in [0.3, 0.4) is 0 Å². The fraction of sp³-hybridized carbons (Fsp3) is 0.667. The summed E-state index contributed by atoms with van der Waals surface area (Å²) in [5, 5.41) is 4.49. The molecule has 2 aliphatic rings. The van der Waals surface area contributed by atoms with E-state index in [1.807, 2.05) is 6.20 Å². The van der Waals surface area contributed by atoms with Crippen LogP contribution in [0.5, 0.6) is 0 Å². The van der Waals surface area contributed by atoms with Gasteiger partial charge in [-0.15, -0.1) is 0 Å². The first kappa shape index (κ1) is 13.2. The molecule has 0 aliphatic carbocycles. The molecule has 1 aromatic rings. The smallest absolute Gasteiger partial charge is 0.0822 e. The molecule has 0 amide bonds. The normalized spacial score (nSPS) is 29.5. The van der Waals surface area contributed by atoms with Crippen LogP contribution in [-0.4, -0.2) is 29.7 Å². The van der Waals surface area contributed by atoms with Crippen LogP contribution < -0.4 is 10.2 Å². The quantitative estimate of drug-likeness (QED) is 0.917. The number of anilines is 1. The van der Waals surface area contributed by atoms with E-state index in [-0.39, 0.29) is 0 Å².